The summed E-state index contributed by atoms with van der Waals surface area (Å²) < 4.78 is 0. The molecule has 1 saturated heterocycles. The summed E-state index contributed by atoms with van der Waals surface area (Å²) in [6, 6.07) is 6.89. The minimum Gasteiger partial charge on any atom is -0.396 e. The molecule has 6 nitrogen and oxygen atoms in total. The topological polar surface area (TPSA) is 81.7 Å². The van der Waals surface area contributed by atoms with Gasteiger partial charge in [-0.1, -0.05) is 23.7 Å². The molecule has 1 fully saturated rings. The molecular weight excluding hydrogens is 318 g/mol. The molecule has 126 valence electrons. The van der Waals surface area contributed by atoms with Crippen molar-refractivity contribution >= 4 is 23.5 Å². The van der Waals surface area contributed by atoms with Crippen LogP contribution < -0.4 is 10.6 Å². The molecule has 1 aliphatic rings. The highest BCUT2D eigenvalue weighted by Gasteiger charge is 2.24. The first-order valence-electron chi connectivity index (χ1n) is 7.64. The molecular formula is C16H22ClN3O3. The van der Waals surface area contributed by atoms with Crippen molar-refractivity contribution in [2.75, 3.05) is 26.7 Å². The number of nitrogens with one attached hydrogen (secondary N) is 2. The molecule has 0 spiro atoms. The zero-order valence-electron chi connectivity index (χ0n) is 13.1. The second-order valence-corrected chi connectivity index (χ2v) is 6.24. The maximum atomic E-state index is 12.0. The average molecular weight is 340 g/mol. The van der Waals surface area contributed by atoms with Crippen LogP contribution in [-0.4, -0.2) is 54.7 Å². The number of carbonyl (C=O) groups is 2. The number of aliphatic hydroxyl groups excluding tert-OH is 1. The minimum absolute atomic E-state index is 0.0450. The molecule has 0 aromatic heterocycles. The van der Waals surface area contributed by atoms with Crippen molar-refractivity contribution in [2.24, 2.45) is 0 Å². The molecule has 1 aliphatic heterocycles. The van der Waals surface area contributed by atoms with Crippen molar-refractivity contribution in [1.82, 2.24) is 15.5 Å². The molecule has 0 radical (unpaired) electrons. The Kier molecular flexibility index (Phi) is 6.24. The van der Waals surface area contributed by atoms with Gasteiger partial charge in [-0.25, -0.2) is 4.79 Å². The molecule has 23 heavy (non-hydrogen) atoms. The third-order valence-electron chi connectivity index (χ3n) is 4.01. The Morgan fingerprint density at radius 2 is 2.30 bits per heavy atom. The monoisotopic (exact) mass is 339 g/mol. The first-order valence-corrected chi connectivity index (χ1v) is 8.02. The van der Waals surface area contributed by atoms with Gasteiger partial charge in [0.2, 0.25) is 5.91 Å². The highest BCUT2D eigenvalue weighted by Crippen LogP contribution is 2.18. The van der Waals surface area contributed by atoms with Crippen LogP contribution >= 0.6 is 11.6 Å². The van der Waals surface area contributed by atoms with E-state index in [0.717, 1.165) is 5.56 Å². The van der Waals surface area contributed by atoms with Crippen molar-refractivity contribution in [3.05, 3.63) is 34.9 Å². The summed E-state index contributed by atoms with van der Waals surface area (Å²) in [6.07, 6.45) is 1.09. The number of nitrogens with zero attached hydrogens (tertiary/aromatic N) is 1. The normalized spacial score (nSPS) is 19.3. The third kappa shape index (κ3) is 5.11. The van der Waals surface area contributed by atoms with E-state index in [1.807, 2.05) is 12.1 Å². The van der Waals surface area contributed by atoms with Crippen molar-refractivity contribution in [3.63, 3.8) is 0 Å². The van der Waals surface area contributed by atoms with Crippen LogP contribution in [0.2, 0.25) is 5.02 Å². The Bertz CT molecular complexity index is 567. The number of benzene rings is 1. The predicted octanol–water partition coefficient (Wildman–Crippen LogP) is 1.34. The van der Waals surface area contributed by atoms with E-state index < -0.39 is 0 Å². The van der Waals surface area contributed by atoms with E-state index in [4.69, 9.17) is 11.6 Å². The Balaban J connectivity index is 1.82. The zero-order chi connectivity index (χ0) is 16.8. The molecule has 1 aromatic rings. The van der Waals surface area contributed by atoms with Crippen LogP contribution in [-0.2, 0) is 4.79 Å². The molecule has 1 heterocycles. The lowest BCUT2D eigenvalue weighted by molar-refractivity contribution is -0.132. The van der Waals surface area contributed by atoms with Crippen molar-refractivity contribution in [1.29, 1.82) is 0 Å². The Morgan fingerprint density at radius 1 is 1.52 bits per heavy atom. The molecule has 7 heteroatoms. The van der Waals surface area contributed by atoms with Crippen LogP contribution in [0.3, 0.4) is 0 Å². The summed E-state index contributed by atoms with van der Waals surface area (Å²) in [4.78, 5) is 25.0. The third-order valence-corrected chi connectivity index (χ3v) is 4.25. The number of likely N-dealkylation sites (N-methyl/N-ethyl adjacent to an activating group) is 1. The maximum Gasteiger partial charge on any atom is 0.315 e. The lowest BCUT2D eigenvalue weighted by atomic mass is 10.0. The number of rotatable bonds is 5. The van der Waals surface area contributed by atoms with Crippen LogP contribution in [0, 0.1) is 0 Å². The number of aliphatic hydroxyl groups is 1. The molecule has 3 N–H and O–H groups in total. The molecule has 0 bridgehead atoms. The van der Waals surface area contributed by atoms with Crippen LogP contribution in [0.4, 0.5) is 4.79 Å². The van der Waals surface area contributed by atoms with Gasteiger partial charge in [0.15, 0.2) is 0 Å². The fourth-order valence-electron chi connectivity index (χ4n) is 2.63. The molecule has 2 rings (SSSR count). The fourth-order valence-corrected chi connectivity index (χ4v) is 2.83. The highest BCUT2D eigenvalue weighted by atomic mass is 35.5. The van der Waals surface area contributed by atoms with Gasteiger partial charge in [-0.2, -0.15) is 0 Å². The van der Waals surface area contributed by atoms with Gasteiger partial charge in [-0.15, -0.1) is 0 Å². The summed E-state index contributed by atoms with van der Waals surface area (Å²) in [5, 5.41) is 15.7. The smallest absolute Gasteiger partial charge is 0.315 e. The summed E-state index contributed by atoms with van der Waals surface area (Å²) >= 11 is 5.95. The number of piperidine rings is 1. The Hall–Kier alpha value is -1.79. The number of urea groups is 1. The summed E-state index contributed by atoms with van der Waals surface area (Å²) in [6.45, 7) is 0.745. The number of likely N-dealkylation sites (tertiary alicyclic amines) is 1. The second-order valence-electron chi connectivity index (χ2n) is 5.80. The van der Waals surface area contributed by atoms with Crippen molar-refractivity contribution in [3.8, 4) is 0 Å². The van der Waals surface area contributed by atoms with Gasteiger partial charge in [0.05, 0.1) is 6.61 Å². The predicted molar refractivity (Wildman–Crippen MR) is 88.5 cm³/mol. The standard InChI is InChI=1S/C16H22ClN3O3/c1-20-9-14(5-6-15(20)22)19-16(23)18-8-12(10-21)11-3-2-4-13(17)7-11/h2-4,7,12,14,21H,5-6,8-10H2,1H3,(H2,18,19,23). The van der Waals surface area contributed by atoms with Gasteiger partial charge in [-0.05, 0) is 24.1 Å². The quantitative estimate of drug-likeness (QED) is 0.757. The molecule has 1 aromatic carbocycles. The molecule has 3 amide bonds. The fraction of sp³-hybridized carbons (Fsp3) is 0.500. The highest BCUT2D eigenvalue weighted by molar-refractivity contribution is 6.30. The lowest BCUT2D eigenvalue weighted by Crippen LogP contribution is -2.51. The summed E-state index contributed by atoms with van der Waals surface area (Å²) in [5.74, 6) is -0.111. The average Bonchev–Trinajstić information content (AvgIpc) is 2.52. The van der Waals surface area contributed by atoms with Crippen LogP contribution in [0.5, 0.6) is 0 Å². The van der Waals surface area contributed by atoms with E-state index in [-0.39, 0.29) is 30.5 Å². The van der Waals surface area contributed by atoms with Gasteiger partial charge < -0.3 is 20.6 Å². The van der Waals surface area contributed by atoms with Gasteiger partial charge in [0.25, 0.3) is 0 Å². The molecule has 0 aliphatic carbocycles. The first kappa shape index (κ1) is 17.6. The molecule has 2 unspecified atom stereocenters. The van der Waals surface area contributed by atoms with Crippen LogP contribution in [0.15, 0.2) is 24.3 Å². The zero-order valence-corrected chi connectivity index (χ0v) is 13.8. The number of hydrogen-bond acceptors (Lipinski definition) is 3. The molecule has 0 saturated carbocycles. The largest absolute Gasteiger partial charge is 0.396 e. The number of halogens is 1. The van der Waals surface area contributed by atoms with Gasteiger partial charge in [-0.3, -0.25) is 4.79 Å². The Morgan fingerprint density at radius 3 is 2.96 bits per heavy atom. The van der Waals surface area contributed by atoms with E-state index in [9.17, 15) is 14.7 Å². The van der Waals surface area contributed by atoms with E-state index in [0.29, 0.717) is 31.0 Å². The van der Waals surface area contributed by atoms with E-state index in [1.54, 1.807) is 24.1 Å². The van der Waals surface area contributed by atoms with Crippen LogP contribution in [0.1, 0.15) is 24.3 Å². The number of carbonyl (C=O) groups excluding carboxylic acids is 2. The minimum atomic E-state index is -0.293. The van der Waals surface area contributed by atoms with E-state index in [2.05, 4.69) is 10.6 Å². The van der Waals surface area contributed by atoms with Crippen LogP contribution in [0.25, 0.3) is 0 Å². The van der Waals surface area contributed by atoms with Crippen molar-refractivity contribution < 1.29 is 14.7 Å². The van der Waals surface area contributed by atoms with E-state index in [1.165, 1.54) is 0 Å². The second kappa shape index (κ2) is 8.17. The summed E-state index contributed by atoms with van der Waals surface area (Å²) in [7, 11) is 1.73. The SMILES string of the molecule is CN1CC(NC(=O)NCC(CO)c2cccc(Cl)c2)CCC1=O. The number of hydrogen-bond donors (Lipinski definition) is 3. The van der Waals surface area contributed by atoms with Gasteiger partial charge >= 0.3 is 6.03 Å². The number of amides is 3. The van der Waals surface area contributed by atoms with E-state index >= 15 is 0 Å². The Labute approximate surface area is 140 Å². The first-order chi connectivity index (χ1) is 11.0. The lowest BCUT2D eigenvalue weighted by Gasteiger charge is -2.30. The summed E-state index contributed by atoms with van der Waals surface area (Å²) in [5.41, 5.74) is 0.878. The maximum absolute atomic E-state index is 12.0. The van der Waals surface area contributed by atoms with Gasteiger partial charge in [0.1, 0.15) is 0 Å². The molecule has 2 atom stereocenters. The van der Waals surface area contributed by atoms with Crippen molar-refractivity contribution in [2.45, 2.75) is 24.8 Å². The van der Waals surface area contributed by atoms with Gasteiger partial charge in [0, 0.05) is 43.5 Å².